The summed E-state index contributed by atoms with van der Waals surface area (Å²) in [5.74, 6) is -0.610. The zero-order valence-corrected chi connectivity index (χ0v) is 11.2. The highest BCUT2D eigenvalue weighted by molar-refractivity contribution is 5.73. The van der Waals surface area contributed by atoms with Crippen LogP contribution in [0.3, 0.4) is 0 Å². The molecule has 0 spiro atoms. The van der Waals surface area contributed by atoms with Crippen LogP contribution >= 0.6 is 0 Å². The summed E-state index contributed by atoms with van der Waals surface area (Å²) in [4.78, 5) is 16.2. The molecule has 3 saturated heterocycles. The summed E-state index contributed by atoms with van der Waals surface area (Å²) in [5, 5.41) is 9.39. The van der Waals surface area contributed by atoms with Gasteiger partial charge >= 0.3 is 5.97 Å². The van der Waals surface area contributed by atoms with E-state index in [1.165, 1.54) is 32.1 Å². The average Bonchev–Trinajstić information content (AvgIpc) is 2.61. The van der Waals surface area contributed by atoms with Gasteiger partial charge in [0.15, 0.2) is 0 Å². The Balaban J connectivity index is 1.72. The first kappa shape index (κ1) is 12.4. The van der Waals surface area contributed by atoms with Crippen molar-refractivity contribution < 1.29 is 9.90 Å². The average molecular weight is 252 g/mol. The molecule has 3 aliphatic rings. The van der Waals surface area contributed by atoms with Crippen LogP contribution in [0.1, 0.15) is 44.9 Å². The Morgan fingerprint density at radius 1 is 1.06 bits per heavy atom. The van der Waals surface area contributed by atoms with Crippen molar-refractivity contribution in [2.24, 2.45) is 0 Å². The Morgan fingerprint density at radius 2 is 1.72 bits per heavy atom. The molecule has 0 aromatic heterocycles. The maximum Gasteiger partial charge on any atom is 0.320 e. The van der Waals surface area contributed by atoms with E-state index in [0.29, 0.717) is 18.1 Å². The zero-order chi connectivity index (χ0) is 12.7. The second kappa shape index (κ2) is 4.82. The lowest BCUT2D eigenvalue weighted by atomic mass is 9.91. The number of piperidine rings is 2. The lowest BCUT2D eigenvalue weighted by Crippen LogP contribution is -2.55. The van der Waals surface area contributed by atoms with E-state index >= 15 is 0 Å². The third kappa shape index (κ3) is 2.05. The second-order valence-corrected chi connectivity index (χ2v) is 6.26. The fraction of sp³-hybridized carbons (Fsp3) is 0.929. The molecule has 3 aliphatic heterocycles. The van der Waals surface area contributed by atoms with Gasteiger partial charge in [-0.15, -0.1) is 0 Å². The highest BCUT2D eigenvalue weighted by Crippen LogP contribution is 2.38. The molecule has 0 amide bonds. The monoisotopic (exact) mass is 252 g/mol. The molecule has 0 aromatic rings. The lowest BCUT2D eigenvalue weighted by Gasteiger charge is -2.45. The van der Waals surface area contributed by atoms with Crippen LogP contribution in [0.5, 0.6) is 0 Å². The van der Waals surface area contributed by atoms with Crippen LogP contribution in [0.25, 0.3) is 0 Å². The molecular weight excluding hydrogens is 228 g/mol. The number of likely N-dealkylation sites (tertiary alicyclic amines) is 1. The maximum absolute atomic E-state index is 11.4. The third-order valence-electron chi connectivity index (χ3n) is 5.37. The highest BCUT2D eigenvalue weighted by atomic mass is 16.4. The van der Waals surface area contributed by atoms with Crippen molar-refractivity contribution in [2.75, 3.05) is 13.6 Å². The molecule has 3 unspecified atom stereocenters. The molecule has 0 radical (unpaired) electrons. The minimum Gasteiger partial charge on any atom is -0.480 e. The summed E-state index contributed by atoms with van der Waals surface area (Å²) < 4.78 is 0. The molecule has 102 valence electrons. The Labute approximate surface area is 109 Å². The summed E-state index contributed by atoms with van der Waals surface area (Å²) in [5.41, 5.74) is 0. The van der Waals surface area contributed by atoms with Crippen molar-refractivity contribution >= 4 is 5.97 Å². The van der Waals surface area contributed by atoms with E-state index in [1.54, 1.807) is 0 Å². The molecule has 1 N–H and O–H groups in total. The summed E-state index contributed by atoms with van der Waals surface area (Å²) in [6.45, 7) is 0.991. The van der Waals surface area contributed by atoms with Gasteiger partial charge in [0.1, 0.15) is 6.04 Å². The Kier molecular flexibility index (Phi) is 3.32. The summed E-state index contributed by atoms with van der Waals surface area (Å²) >= 11 is 0. The highest BCUT2D eigenvalue weighted by Gasteiger charge is 2.43. The van der Waals surface area contributed by atoms with Crippen molar-refractivity contribution in [3.8, 4) is 0 Å². The van der Waals surface area contributed by atoms with Crippen molar-refractivity contribution in [3.63, 3.8) is 0 Å². The minimum absolute atomic E-state index is 0.216. The van der Waals surface area contributed by atoms with Gasteiger partial charge in [-0.3, -0.25) is 9.69 Å². The SMILES string of the molecule is CN1C2CCC1CC(N1CCCCC1C(=O)O)C2. The number of carboxylic acid groups (broad SMARTS) is 1. The number of carbonyl (C=O) groups is 1. The number of fused-ring (bicyclic) bond motifs is 2. The molecule has 3 heterocycles. The van der Waals surface area contributed by atoms with Gasteiger partial charge in [-0.25, -0.2) is 0 Å². The van der Waals surface area contributed by atoms with Crippen LogP contribution in [0.15, 0.2) is 0 Å². The second-order valence-electron chi connectivity index (χ2n) is 6.26. The first-order valence-corrected chi connectivity index (χ1v) is 7.37. The van der Waals surface area contributed by atoms with Crippen LogP contribution in [-0.4, -0.2) is 58.6 Å². The third-order valence-corrected chi connectivity index (χ3v) is 5.37. The van der Waals surface area contributed by atoms with Crippen LogP contribution in [-0.2, 0) is 4.79 Å². The molecule has 0 aromatic carbocycles. The van der Waals surface area contributed by atoms with Gasteiger partial charge in [-0.05, 0) is 52.1 Å². The van der Waals surface area contributed by atoms with Gasteiger partial charge < -0.3 is 10.0 Å². The molecular formula is C14H24N2O2. The standard InChI is InChI=1S/C14H24N2O2/c1-15-10-5-6-11(15)9-12(8-10)16-7-3-2-4-13(16)14(17)18/h10-13H,2-9H2,1H3,(H,17,18). The van der Waals surface area contributed by atoms with E-state index in [4.69, 9.17) is 0 Å². The maximum atomic E-state index is 11.4. The smallest absolute Gasteiger partial charge is 0.320 e. The van der Waals surface area contributed by atoms with E-state index in [-0.39, 0.29) is 6.04 Å². The fourth-order valence-electron chi connectivity index (χ4n) is 4.31. The van der Waals surface area contributed by atoms with Crippen LogP contribution in [0, 0.1) is 0 Å². The molecule has 4 nitrogen and oxygen atoms in total. The van der Waals surface area contributed by atoms with Gasteiger partial charge in [-0.1, -0.05) is 6.42 Å². The van der Waals surface area contributed by atoms with Crippen LogP contribution < -0.4 is 0 Å². The van der Waals surface area contributed by atoms with E-state index in [2.05, 4.69) is 16.8 Å². The van der Waals surface area contributed by atoms with Crippen molar-refractivity contribution in [2.45, 2.75) is 69.1 Å². The van der Waals surface area contributed by atoms with E-state index in [1.807, 2.05) is 0 Å². The number of hydrogen-bond acceptors (Lipinski definition) is 3. The lowest BCUT2D eigenvalue weighted by molar-refractivity contribution is -0.146. The van der Waals surface area contributed by atoms with Gasteiger partial charge in [-0.2, -0.15) is 0 Å². The minimum atomic E-state index is -0.610. The van der Waals surface area contributed by atoms with Crippen LogP contribution in [0.4, 0.5) is 0 Å². The number of nitrogens with zero attached hydrogens (tertiary/aromatic N) is 2. The predicted octanol–water partition coefficient (Wildman–Crippen LogP) is 1.55. The molecule has 3 atom stereocenters. The van der Waals surface area contributed by atoms with Gasteiger partial charge in [0.05, 0.1) is 0 Å². The van der Waals surface area contributed by atoms with Crippen molar-refractivity contribution in [1.82, 2.24) is 9.80 Å². The van der Waals surface area contributed by atoms with E-state index < -0.39 is 5.97 Å². The number of aliphatic carboxylic acids is 1. The first-order valence-electron chi connectivity index (χ1n) is 7.37. The van der Waals surface area contributed by atoms with Crippen molar-refractivity contribution in [3.05, 3.63) is 0 Å². The molecule has 18 heavy (non-hydrogen) atoms. The summed E-state index contributed by atoms with van der Waals surface area (Å²) in [6.07, 6.45) is 8.06. The quantitative estimate of drug-likeness (QED) is 0.810. The normalized spacial score (nSPS) is 42.1. The van der Waals surface area contributed by atoms with Gasteiger partial charge in [0, 0.05) is 18.1 Å². The number of hydrogen-bond donors (Lipinski definition) is 1. The largest absolute Gasteiger partial charge is 0.480 e. The molecule has 4 heteroatoms. The van der Waals surface area contributed by atoms with Gasteiger partial charge in [0.2, 0.25) is 0 Å². The van der Waals surface area contributed by atoms with Crippen molar-refractivity contribution in [1.29, 1.82) is 0 Å². The zero-order valence-electron chi connectivity index (χ0n) is 11.2. The number of rotatable bonds is 2. The molecule has 0 aliphatic carbocycles. The predicted molar refractivity (Wildman–Crippen MR) is 69.6 cm³/mol. The topological polar surface area (TPSA) is 43.8 Å². The molecule has 2 bridgehead atoms. The Morgan fingerprint density at radius 3 is 2.33 bits per heavy atom. The molecule has 3 rings (SSSR count). The van der Waals surface area contributed by atoms with E-state index in [0.717, 1.165) is 19.4 Å². The van der Waals surface area contributed by atoms with Crippen LogP contribution in [0.2, 0.25) is 0 Å². The Bertz CT molecular complexity index is 320. The fourth-order valence-corrected chi connectivity index (χ4v) is 4.31. The first-order chi connectivity index (χ1) is 8.66. The van der Waals surface area contributed by atoms with E-state index in [9.17, 15) is 9.90 Å². The Hall–Kier alpha value is -0.610. The number of carboxylic acids is 1. The molecule has 0 saturated carbocycles. The molecule has 3 fully saturated rings. The summed E-state index contributed by atoms with van der Waals surface area (Å²) in [6, 6.07) is 1.70. The van der Waals surface area contributed by atoms with Gasteiger partial charge in [0.25, 0.3) is 0 Å². The summed E-state index contributed by atoms with van der Waals surface area (Å²) in [7, 11) is 2.24.